The molecule has 0 bridgehead atoms. The van der Waals surface area contributed by atoms with Crippen LogP contribution in [0.4, 0.5) is 0 Å². The lowest BCUT2D eigenvalue weighted by molar-refractivity contribution is 0.0761. The molecule has 0 spiro atoms. The van der Waals surface area contributed by atoms with E-state index in [1.54, 1.807) is 72.8 Å². The Morgan fingerprint density at radius 2 is 0.378 bits per heavy atom. The molecule has 0 aliphatic heterocycles. The van der Waals surface area contributed by atoms with Gasteiger partial charge in [-0.2, -0.15) is 0 Å². The first-order chi connectivity index (χ1) is 22.2. The predicted molar refractivity (Wildman–Crippen MR) is 175 cm³/mol. The van der Waals surface area contributed by atoms with E-state index in [1.165, 1.54) is 0 Å². The number of hydrogen-bond donors (Lipinski definition) is 0. The molecule has 0 saturated heterocycles. The fraction of sp³-hybridized carbons (Fsp3) is 0. The Labute approximate surface area is 264 Å². The molecule has 0 aliphatic rings. The zero-order valence-corrected chi connectivity index (χ0v) is 26.2. The molecular formula is C36H30O7Si2. The Hall–Kier alpha value is -5.49. The van der Waals surface area contributed by atoms with Crippen molar-refractivity contribution in [3.63, 3.8) is 0 Å². The van der Waals surface area contributed by atoms with Gasteiger partial charge in [-0.15, -0.1) is 0 Å². The normalized spacial score (nSPS) is 11.2. The third-order valence-corrected chi connectivity index (χ3v) is 11.1. The van der Waals surface area contributed by atoms with Gasteiger partial charge in [-0.3, -0.25) is 4.12 Å². The van der Waals surface area contributed by atoms with Crippen LogP contribution < -0.4 is 26.6 Å². The fourth-order valence-corrected chi connectivity index (χ4v) is 9.22. The summed E-state index contributed by atoms with van der Waals surface area (Å²) in [6.07, 6.45) is 0. The largest absolute Gasteiger partial charge is 0.889 e. The van der Waals surface area contributed by atoms with Crippen LogP contribution in [0.25, 0.3) is 0 Å². The summed E-state index contributed by atoms with van der Waals surface area (Å²) in [4.78, 5) is 0. The zero-order valence-electron chi connectivity index (χ0n) is 24.2. The standard InChI is InChI=1S/C36H30O7Si2/c1-7-19-31(20-8-1)37-44(38-32-21-9-2-10-22-32,39-33-23-11-3-12-24-33)43-45(40-34-25-13-4-14-26-34,41-35-27-15-5-16-28-35)42-36-29-17-6-18-30-36/h1-30H. The van der Waals surface area contributed by atoms with Crippen molar-refractivity contribution < 1.29 is 30.7 Å². The summed E-state index contributed by atoms with van der Waals surface area (Å²) in [5, 5.41) is 0. The smallest absolute Gasteiger partial charge is 0.462 e. The minimum absolute atomic E-state index is 0.457. The van der Waals surface area contributed by atoms with Crippen molar-refractivity contribution in [3.8, 4) is 34.5 Å². The minimum Gasteiger partial charge on any atom is -0.462 e. The molecule has 0 saturated carbocycles. The van der Waals surface area contributed by atoms with Crippen molar-refractivity contribution in [2.45, 2.75) is 0 Å². The van der Waals surface area contributed by atoms with Crippen molar-refractivity contribution in [2.24, 2.45) is 0 Å². The van der Waals surface area contributed by atoms with E-state index in [-0.39, 0.29) is 0 Å². The van der Waals surface area contributed by atoms with E-state index < -0.39 is 18.1 Å². The Morgan fingerprint density at radius 3 is 0.533 bits per heavy atom. The Bertz CT molecular complexity index is 1380. The van der Waals surface area contributed by atoms with Gasteiger partial charge in [0.1, 0.15) is 34.5 Å². The highest BCUT2D eigenvalue weighted by molar-refractivity contribution is 6.70. The van der Waals surface area contributed by atoms with Crippen LogP contribution >= 0.6 is 0 Å². The van der Waals surface area contributed by atoms with Crippen molar-refractivity contribution in [1.29, 1.82) is 0 Å². The van der Waals surface area contributed by atoms with E-state index in [4.69, 9.17) is 30.7 Å². The number of hydrogen-bond acceptors (Lipinski definition) is 7. The van der Waals surface area contributed by atoms with Crippen LogP contribution in [0.3, 0.4) is 0 Å². The average Bonchev–Trinajstić information content (AvgIpc) is 3.07. The lowest BCUT2D eigenvalue weighted by atomic mass is 10.3. The van der Waals surface area contributed by atoms with Crippen LogP contribution in [0.1, 0.15) is 0 Å². The number of rotatable bonds is 14. The van der Waals surface area contributed by atoms with Gasteiger partial charge in [0.05, 0.1) is 0 Å². The molecule has 0 atom stereocenters. The Balaban J connectivity index is 1.53. The number of benzene rings is 6. The quantitative estimate of drug-likeness (QED) is 0.112. The second-order valence-corrected chi connectivity index (χ2v) is 13.6. The van der Waals surface area contributed by atoms with Crippen LogP contribution in [-0.2, 0) is 4.12 Å². The van der Waals surface area contributed by atoms with Crippen LogP contribution in [0, 0.1) is 0 Å². The molecule has 0 fully saturated rings. The maximum absolute atomic E-state index is 6.99. The highest BCUT2D eigenvalue weighted by atomic mass is 28.5. The first kappa shape index (κ1) is 29.6. The van der Waals surface area contributed by atoms with Crippen molar-refractivity contribution >= 4 is 18.1 Å². The molecular weight excluding hydrogens is 601 g/mol. The minimum atomic E-state index is -4.43. The summed E-state index contributed by atoms with van der Waals surface area (Å²) in [5.41, 5.74) is 0. The Morgan fingerprint density at radius 1 is 0.222 bits per heavy atom. The topological polar surface area (TPSA) is 64.6 Å². The highest BCUT2D eigenvalue weighted by Crippen LogP contribution is 2.31. The second kappa shape index (κ2) is 14.3. The van der Waals surface area contributed by atoms with Crippen LogP contribution in [0.2, 0.25) is 0 Å². The molecule has 6 rings (SSSR count). The summed E-state index contributed by atoms with van der Waals surface area (Å²) in [6.45, 7) is 0. The van der Waals surface area contributed by atoms with Crippen molar-refractivity contribution in [3.05, 3.63) is 182 Å². The second-order valence-electron chi connectivity index (χ2n) is 9.59. The monoisotopic (exact) mass is 630 g/mol. The van der Waals surface area contributed by atoms with Gasteiger partial charge in [-0.25, -0.2) is 0 Å². The van der Waals surface area contributed by atoms with E-state index in [0.29, 0.717) is 34.5 Å². The van der Waals surface area contributed by atoms with Gasteiger partial charge in [-0.05, 0) is 72.8 Å². The maximum Gasteiger partial charge on any atom is 0.889 e. The van der Waals surface area contributed by atoms with E-state index in [2.05, 4.69) is 0 Å². The van der Waals surface area contributed by atoms with Gasteiger partial charge >= 0.3 is 18.1 Å². The molecule has 0 aliphatic carbocycles. The molecule has 0 heterocycles. The molecule has 0 amide bonds. The summed E-state index contributed by atoms with van der Waals surface area (Å²) in [5.74, 6) is 2.74. The SMILES string of the molecule is c1ccc(O[Si](Oc2ccccc2)(Oc2ccccc2)O[Si](Oc2ccccc2)(Oc2ccccc2)Oc2ccccc2)cc1. The van der Waals surface area contributed by atoms with Crippen LogP contribution in [-0.4, -0.2) is 18.1 Å². The third kappa shape index (κ3) is 8.33. The van der Waals surface area contributed by atoms with E-state index in [1.807, 2.05) is 109 Å². The van der Waals surface area contributed by atoms with E-state index >= 15 is 0 Å². The molecule has 0 N–H and O–H groups in total. The molecule has 9 heteroatoms. The van der Waals surface area contributed by atoms with E-state index in [9.17, 15) is 0 Å². The first-order valence-electron chi connectivity index (χ1n) is 14.3. The fourth-order valence-electron chi connectivity index (χ4n) is 4.20. The summed E-state index contributed by atoms with van der Waals surface area (Å²) in [7, 11) is -8.86. The van der Waals surface area contributed by atoms with Crippen molar-refractivity contribution in [2.75, 3.05) is 0 Å². The van der Waals surface area contributed by atoms with Crippen LogP contribution in [0.5, 0.6) is 34.5 Å². The summed E-state index contributed by atoms with van der Waals surface area (Å²) < 4.78 is 46.9. The predicted octanol–water partition coefficient (Wildman–Crippen LogP) is 8.35. The maximum atomic E-state index is 6.99. The highest BCUT2D eigenvalue weighted by Gasteiger charge is 2.70. The lowest BCUT2D eigenvalue weighted by Crippen LogP contribution is -2.70. The van der Waals surface area contributed by atoms with Gasteiger partial charge in [0, 0.05) is 0 Å². The Kier molecular flexibility index (Phi) is 9.42. The van der Waals surface area contributed by atoms with Gasteiger partial charge in [0.15, 0.2) is 0 Å². The lowest BCUT2D eigenvalue weighted by Gasteiger charge is -2.34. The van der Waals surface area contributed by atoms with Crippen molar-refractivity contribution in [1.82, 2.24) is 0 Å². The zero-order chi connectivity index (χ0) is 30.6. The average molecular weight is 631 g/mol. The molecule has 0 unspecified atom stereocenters. The molecule has 6 aromatic carbocycles. The third-order valence-electron chi connectivity index (χ3n) is 6.17. The summed E-state index contributed by atoms with van der Waals surface area (Å²) in [6, 6.07) is 55.1. The van der Waals surface area contributed by atoms with Gasteiger partial charge in [0.2, 0.25) is 0 Å². The van der Waals surface area contributed by atoms with Gasteiger partial charge < -0.3 is 26.6 Å². The number of para-hydroxylation sites is 6. The molecule has 7 nitrogen and oxygen atoms in total. The van der Waals surface area contributed by atoms with Gasteiger partial charge in [0.25, 0.3) is 0 Å². The van der Waals surface area contributed by atoms with Crippen LogP contribution in [0.15, 0.2) is 182 Å². The van der Waals surface area contributed by atoms with E-state index in [0.717, 1.165) is 0 Å². The van der Waals surface area contributed by atoms with Gasteiger partial charge in [-0.1, -0.05) is 109 Å². The molecule has 0 aromatic heterocycles. The molecule has 0 radical (unpaired) electrons. The molecule has 6 aromatic rings. The molecule has 224 valence electrons. The molecule has 45 heavy (non-hydrogen) atoms. The summed E-state index contributed by atoms with van der Waals surface area (Å²) >= 11 is 0. The first-order valence-corrected chi connectivity index (χ1v) is 17.6.